The van der Waals surface area contributed by atoms with Crippen LogP contribution in [-0.2, 0) is 4.79 Å². The molecule has 1 aliphatic heterocycles. The number of Topliss-reactive ketones (excluding diaryl/α,β-unsaturated/α-hetero) is 1. The van der Waals surface area contributed by atoms with Crippen LogP contribution in [0.3, 0.4) is 0 Å². The lowest BCUT2D eigenvalue weighted by molar-refractivity contribution is -0.166. The van der Waals surface area contributed by atoms with Gasteiger partial charge in [0.25, 0.3) is 5.78 Å². The Hall–Kier alpha value is -2.51. The van der Waals surface area contributed by atoms with Gasteiger partial charge in [-0.15, -0.1) is 0 Å². The van der Waals surface area contributed by atoms with E-state index in [9.17, 15) is 22.4 Å². The first-order valence-corrected chi connectivity index (χ1v) is 10.1. The molecule has 1 aliphatic rings. The van der Waals surface area contributed by atoms with Crippen LogP contribution < -0.4 is 4.90 Å². The molecule has 1 fully saturated rings. The first-order valence-electron chi connectivity index (χ1n) is 9.30. The fourth-order valence-corrected chi connectivity index (χ4v) is 3.64. The monoisotopic (exact) mass is 472 g/mol. The minimum absolute atomic E-state index is 0.0443. The molecule has 0 spiro atoms. The van der Waals surface area contributed by atoms with Gasteiger partial charge in [0, 0.05) is 37.6 Å². The summed E-state index contributed by atoms with van der Waals surface area (Å²) in [5, 5.41) is 0.207. The second-order valence-corrected chi connectivity index (χ2v) is 7.71. The van der Waals surface area contributed by atoms with Gasteiger partial charge in [-0.25, -0.2) is 4.39 Å². The molecule has 0 aromatic heterocycles. The smallest absolute Gasteiger partial charge is 0.368 e. The Bertz CT molecular complexity index is 1010. The van der Waals surface area contributed by atoms with Crippen LogP contribution in [0.1, 0.15) is 5.56 Å². The predicted octanol–water partition coefficient (Wildman–Crippen LogP) is 5.98. The Labute approximate surface area is 187 Å². The molecule has 0 unspecified atom stereocenters. The van der Waals surface area contributed by atoms with Crippen LogP contribution in [0.2, 0.25) is 10.0 Å². The van der Waals surface area contributed by atoms with Gasteiger partial charge in [0.1, 0.15) is 5.82 Å². The van der Waals surface area contributed by atoms with E-state index >= 15 is 0 Å². The van der Waals surface area contributed by atoms with Crippen molar-refractivity contribution >= 4 is 40.7 Å². The van der Waals surface area contributed by atoms with Gasteiger partial charge in [-0.05, 0) is 42.0 Å². The zero-order valence-corrected chi connectivity index (χ0v) is 17.7. The summed E-state index contributed by atoms with van der Waals surface area (Å²) in [7, 11) is 0. The molecule has 0 amide bonds. The van der Waals surface area contributed by atoms with Crippen molar-refractivity contribution in [2.75, 3.05) is 31.1 Å². The first-order chi connectivity index (χ1) is 14.6. The lowest BCUT2D eigenvalue weighted by atomic mass is 10.0. The number of ketones is 1. The summed E-state index contributed by atoms with van der Waals surface area (Å²) >= 11 is 12.0. The second kappa shape index (κ2) is 9.32. The van der Waals surface area contributed by atoms with Crippen molar-refractivity contribution in [1.82, 2.24) is 4.90 Å². The number of allylic oxidation sites excluding steroid dienone is 1. The molecule has 3 nitrogen and oxygen atoms in total. The van der Waals surface area contributed by atoms with Crippen LogP contribution in [0.5, 0.6) is 0 Å². The Morgan fingerprint density at radius 2 is 1.61 bits per heavy atom. The molecule has 0 atom stereocenters. The molecular formula is C22H18Cl2F4N2O. The Balaban J connectivity index is 1.84. The SMILES string of the molecule is C=C(/C(=C/c1cccc(Cl)c1Cl)C(=O)C(F)(F)F)N1CCN(c2ccc(F)cc2)CC1. The van der Waals surface area contributed by atoms with E-state index in [1.807, 2.05) is 4.90 Å². The zero-order chi connectivity index (χ0) is 22.8. The summed E-state index contributed by atoms with van der Waals surface area (Å²) in [4.78, 5) is 15.8. The number of benzene rings is 2. The molecule has 0 saturated carbocycles. The summed E-state index contributed by atoms with van der Waals surface area (Å²) in [6.07, 6.45) is -4.01. The van der Waals surface area contributed by atoms with Gasteiger partial charge in [-0.3, -0.25) is 4.79 Å². The van der Waals surface area contributed by atoms with Crippen LogP contribution in [0.15, 0.2) is 60.3 Å². The summed E-state index contributed by atoms with van der Waals surface area (Å²) in [5.74, 6) is -2.36. The second-order valence-electron chi connectivity index (χ2n) is 6.93. The van der Waals surface area contributed by atoms with Crippen molar-refractivity contribution < 1.29 is 22.4 Å². The predicted molar refractivity (Wildman–Crippen MR) is 115 cm³/mol. The van der Waals surface area contributed by atoms with Gasteiger partial charge in [0.05, 0.1) is 15.6 Å². The van der Waals surface area contributed by atoms with E-state index in [1.54, 1.807) is 17.0 Å². The number of halogens is 6. The highest BCUT2D eigenvalue weighted by molar-refractivity contribution is 6.43. The van der Waals surface area contributed by atoms with Gasteiger partial charge >= 0.3 is 6.18 Å². The van der Waals surface area contributed by atoms with E-state index in [0.717, 1.165) is 11.8 Å². The highest BCUT2D eigenvalue weighted by atomic mass is 35.5. The minimum Gasteiger partial charge on any atom is -0.368 e. The maximum atomic E-state index is 13.3. The zero-order valence-electron chi connectivity index (χ0n) is 16.2. The average Bonchev–Trinajstić information content (AvgIpc) is 2.74. The fourth-order valence-electron chi connectivity index (χ4n) is 3.28. The van der Waals surface area contributed by atoms with Gasteiger partial charge in [0.15, 0.2) is 0 Å². The molecule has 1 heterocycles. The molecule has 0 N–H and O–H groups in total. The fraction of sp³-hybridized carbons (Fsp3) is 0.227. The molecule has 9 heteroatoms. The number of hydrogen-bond donors (Lipinski definition) is 0. The number of carbonyl (C=O) groups excluding carboxylic acids is 1. The third-order valence-corrected chi connectivity index (χ3v) is 5.78. The maximum absolute atomic E-state index is 13.3. The third-order valence-electron chi connectivity index (χ3n) is 4.95. The normalized spacial score (nSPS) is 15.2. The summed E-state index contributed by atoms with van der Waals surface area (Å²) < 4.78 is 53.0. The topological polar surface area (TPSA) is 23.6 Å². The summed E-state index contributed by atoms with van der Waals surface area (Å²) in [6, 6.07) is 10.5. The average molecular weight is 473 g/mol. The van der Waals surface area contributed by atoms with E-state index in [4.69, 9.17) is 23.2 Å². The van der Waals surface area contributed by atoms with Crippen molar-refractivity contribution in [2.24, 2.45) is 0 Å². The molecule has 0 aliphatic carbocycles. The lowest BCUT2D eigenvalue weighted by Crippen LogP contribution is -2.46. The van der Waals surface area contributed by atoms with E-state index in [2.05, 4.69) is 6.58 Å². The van der Waals surface area contributed by atoms with Crippen molar-refractivity contribution in [3.8, 4) is 0 Å². The van der Waals surface area contributed by atoms with Gasteiger partial charge in [-0.1, -0.05) is 41.9 Å². The highest BCUT2D eigenvalue weighted by Gasteiger charge is 2.42. The number of rotatable bonds is 5. The number of carbonyl (C=O) groups is 1. The number of hydrogen-bond acceptors (Lipinski definition) is 3. The van der Waals surface area contributed by atoms with Gasteiger partial charge in [0.2, 0.25) is 0 Å². The first kappa shape index (κ1) is 23.2. The molecule has 0 radical (unpaired) electrons. The largest absolute Gasteiger partial charge is 0.454 e. The van der Waals surface area contributed by atoms with Crippen molar-refractivity contribution in [3.05, 3.63) is 81.7 Å². The van der Waals surface area contributed by atoms with E-state index in [1.165, 1.54) is 30.3 Å². The standard InChI is InChI=1S/C22H18Cl2F4N2O/c1-14(29-9-11-30(12-10-29)17-7-5-16(25)6-8-17)18(21(31)22(26,27)28)13-15-3-2-4-19(23)20(15)24/h2-8,13H,1,9-12H2/b18-13-. The minimum atomic E-state index is -5.07. The van der Waals surface area contributed by atoms with Crippen molar-refractivity contribution in [3.63, 3.8) is 0 Å². The van der Waals surface area contributed by atoms with Crippen LogP contribution in [-0.4, -0.2) is 43.0 Å². The molecule has 164 valence electrons. The van der Waals surface area contributed by atoms with E-state index < -0.39 is 17.5 Å². The lowest BCUT2D eigenvalue weighted by Gasteiger charge is -2.38. The Kier molecular flexibility index (Phi) is 6.96. The van der Waals surface area contributed by atoms with E-state index in [-0.39, 0.29) is 27.1 Å². The molecule has 1 saturated heterocycles. The molecule has 2 aromatic carbocycles. The Morgan fingerprint density at radius 3 is 2.19 bits per heavy atom. The molecular weight excluding hydrogens is 455 g/mol. The number of alkyl halides is 3. The van der Waals surface area contributed by atoms with E-state index in [0.29, 0.717) is 26.2 Å². The van der Waals surface area contributed by atoms with Crippen molar-refractivity contribution in [2.45, 2.75) is 6.18 Å². The number of piperazine rings is 1. The van der Waals surface area contributed by atoms with Gasteiger partial charge < -0.3 is 9.80 Å². The quantitative estimate of drug-likeness (QED) is 0.303. The molecule has 31 heavy (non-hydrogen) atoms. The summed E-state index contributed by atoms with van der Waals surface area (Å²) in [6.45, 7) is 5.37. The van der Waals surface area contributed by atoms with Crippen LogP contribution in [0, 0.1) is 5.82 Å². The highest BCUT2D eigenvalue weighted by Crippen LogP contribution is 2.32. The number of nitrogens with zero attached hydrogens (tertiary/aromatic N) is 2. The van der Waals surface area contributed by atoms with Crippen LogP contribution in [0.4, 0.5) is 23.2 Å². The summed E-state index contributed by atoms with van der Waals surface area (Å²) in [5.41, 5.74) is 0.358. The van der Waals surface area contributed by atoms with Gasteiger partial charge in [-0.2, -0.15) is 13.2 Å². The number of anilines is 1. The molecule has 3 rings (SSSR count). The Morgan fingerprint density at radius 1 is 1.00 bits per heavy atom. The third kappa shape index (κ3) is 5.40. The molecule has 2 aromatic rings. The van der Waals surface area contributed by atoms with Crippen LogP contribution in [0.25, 0.3) is 6.08 Å². The van der Waals surface area contributed by atoms with Crippen LogP contribution >= 0.6 is 23.2 Å². The maximum Gasteiger partial charge on any atom is 0.454 e. The molecule has 0 bridgehead atoms. The van der Waals surface area contributed by atoms with Crippen molar-refractivity contribution in [1.29, 1.82) is 0 Å².